The average molecular weight is 225 g/mol. The van der Waals surface area contributed by atoms with Crippen LogP contribution in [0.1, 0.15) is 26.7 Å². The number of amides is 1. The maximum absolute atomic E-state index is 12.0. The summed E-state index contributed by atoms with van der Waals surface area (Å²) in [7, 11) is 0. The Morgan fingerprint density at radius 2 is 2.19 bits per heavy atom. The molecular formula is C12H23N3O. The fourth-order valence-electron chi connectivity index (χ4n) is 2.22. The molecule has 0 aromatic heterocycles. The van der Waals surface area contributed by atoms with Gasteiger partial charge < -0.3 is 15.5 Å². The molecule has 1 aliphatic heterocycles. The minimum absolute atomic E-state index is 0.251. The van der Waals surface area contributed by atoms with E-state index in [0.717, 1.165) is 25.6 Å². The molecule has 16 heavy (non-hydrogen) atoms. The molecule has 0 aromatic rings. The van der Waals surface area contributed by atoms with E-state index in [1.807, 2.05) is 4.90 Å². The van der Waals surface area contributed by atoms with Crippen LogP contribution in [0.4, 0.5) is 0 Å². The molecule has 0 spiro atoms. The van der Waals surface area contributed by atoms with Gasteiger partial charge in [0.25, 0.3) is 0 Å². The van der Waals surface area contributed by atoms with Crippen molar-refractivity contribution in [2.75, 3.05) is 26.2 Å². The van der Waals surface area contributed by atoms with Crippen LogP contribution in [0.25, 0.3) is 0 Å². The molecule has 1 amide bonds. The second-order valence-corrected chi connectivity index (χ2v) is 5.14. The van der Waals surface area contributed by atoms with Crippen molar-refractivity contribution in [2.24, 2.45) is 5.92 Å². The fourth-order valence-corrected chi connectivity index (χ4v) is 2.22. The number of nitrogens with one attached hydrogen (secondary N) is 2. The highest BCUT2D eigenvalue weighted by molar-refractivity contribution is 5.78. The molecule has 1 heterocycles. The molecular weight excluding hydrogens is 202 g/mol. The van der Waals surface area contributed by atoms with E-state index in [2.05, 4.69) is 24.5 Å². The lowest BCUT2D eigenvalue weighted by Crippen LogP contribution is -2.58. The minimum Gasteiger partial charge on any atom is -0.336 e. The van der Waals surface area contributed by atoms with Crippen LogP contribution < -0.4 is 10.6 Å². The second kappa shape index (κ2) is 5.15. The lowest BCUT2D eigenvalue weighted by Gasteiger charge is -2.38. The van der Waals surface area contributed by atoms with Crippen molar-refractivity contribution < 1.29 is 4.79 Å². The zero-order valence-corrected chi connectivity index (χ0v) is 10.3. The van der Waals surface area contributed by atoms with E-state index in [4.69, 9.17) is 0 Å². The first kappa shape index (κ1) is 11.9. The third-order valence-corrected chi connectivity index (χ3v) is 3.76. The van der Waals surface area contributed by atoms with Gasteiger partial charge in [0, 0.05) is 25.2 Å². The summed E-state index contributed by atoms with van der Waals surface area (Å²) in [4.78, 5) is 14.0. The van der Waals surface area contributed by atoms with Gasteiger partial charge in [0.15, 0.2) is 0 Å². The van der Waals surface area contributed by atoms with E-state index >= 15 is 0 Å². The molecule has 0 aromatic carbocycles. The van der Waals surface area contributed by atoms with Crippen LogP contribution in [0.15, 0.2) is 0 Å². The van der Waals surface area contributed by atoms with Gasteiger partial charge in [-0.2, -0.15) is 0 Å². The number of hydrogen-bond donors (Lipinski definition) is 2. The standard InChI is InChI=1S/C12H23N3O/c1-9-10(2)15(6-5-14-9)12(16)8-13-7-11-3-4-11/h9-11,13-14H,3-8H2,1-2H3. The number of carbonyl (C=O) groups is 1. The minimum atomic E-state index is 0.251. The highest BCUT2D eigenvalue weighted by atomic mass is 16.2. The van der Waals surface area contributed by atoms with Gasteiger partial charge in [-0.25, -0.2) is 0 Å². The first-order valence-electron chi connectivity index (χ1n) is 6.42. The van der Waals surface area contributed by atoms with Crippen molar-refractivity contribution in [1.29, 1.82) is 0 Å². The van der Waals surface area contributed by atoms with Gasteiger partial charge in [-0.1, -0.05) is 0 Å². The van der Waals surface area contributed by atoms with Crippen molar-refractivity contribution in [3.05, 3.63) is 0 Å². The van der Waals surface area contributed by atoms with Crippen LogP contribution in [-0.4, -0.2) is 49.1 Å². The SMILES string of the molecule is CC1NCCN(C(=O)CNCC2CC2)C1C. The fraction of sp³-hybridized carbons (Fsp3) is 0.917. The molecule has 92 valence electrons. The molecule has 1 saturated heterocycles. The maximum atomic E-state index is 12.0. The van der Waals surface area contributed by atoms with Crippen molar-refractivity contribution in [3.63, 3.8) is 0 Å². The monoisotopic (exact) mass is 225 g/mol. The van der Waals surface area contributed by atoms with E-state index in [-0.39, 0.29) is 5.91 Å². The lowest BCUT2D eigenvalue weighted by molar-refractivity contribution is -0.133. The summed E-state index contributed by atoms with van der Waals surface area (Å²) in [6.45, 7) is 7.54. The number of hydrogen-bond acceptors (Lipinski definition) is 3. The molecule has 0 bridgehead atoms. The van der Waals surface area contributed by atoms with Crippen LogP contribution in [-0.2, 0) is 4.79 Å². The van der Waals surface area contributed by atoms with Gasteiger partial charge in [-0.3, -0.25) is 4.79 Å². The van der Waals surface area contributed by atoms with E-state index in [1.54, 1.807) is 0 Å². The van der Waals surface area contributed by atoms with Crippen molar-refractivity contribution >= 4 is 5.91 Å². The highest BCUT2D eigenvalue weighted by Crippen LogP contribution is 2.27. The van der Waals surface area contributed by atoms with Gasteiger partial charge in [-0.15, -0.1) is 0 Å². The molecule has 1 saturated carbocycles. The molecule has 2 aliphatic rings. The van der Waals surface area contributed by atoms with Crippen LogP contribution in [0.5, 0.6) is 0 Å². The van der Waals surface area contributed by atoms with Crippen molar-refractivity contribution in [2.45, 2.75) is 38.8 Å². The van der Waals surface area contributed by atoms with Gasteiger partial charge >= 0.3 is 0 Å². The summed E-state index contributed by atoms with van der Waals surface area (Å²) in [5.41, 5.74) is 0. The molecule has 2 unspecified atom stereocenters. The Morgan fingerprint density at radius 1 is 1.44 bits per heavy atom. The van der Waals surface area contributed by atoms with Gasteiger partial charge in [0.2, 0.25) is 5.91 Å². The smallest absolute Gasteiger partial charge is 0.236 e. The third kappa shape index (κ3) is 2.95. The van der Waals surface area contributed by atoms with E-state index in [1.165, 1.54) is 12.8 Å². The molecule has 2 atom stereocenters. The Balaban J connectivity index is 1.73. The lowest BCUT2D eigenvalue weighted by atomic mass is 10.1. The first-order valence-corrected chi connectivity index (χ1v) is 6.42. The summed E-state index contributed by atoms with van der Waals surface area (Å²) in [6.07, 6.45) is 2.67. The van der Waals surface area contributed by atoms with E-state index in [9.17, 15) is 4.79 Å². The van der Waals surface area contributed by atoms with E-state index in [0.29, 0.717) is 18.6 Å². The maximum Gasteiger partial charge on any atom is 0.236 e. The van der Waals surface area contributed by atoms with Crippen LogP contribution >= 0.6 is 0 Å². The number of nitrogens with zero attached hydrogens (tertiary/aromatic N) is 1. The molecule has 4 nitrogen and oxygen atoms in total. The second-order valence-electron chi connectivity index (χ2n) is 5.14. The zero-order valence-electron chi connectivity index (χ0n) is 10.3. The van der Waals surface area contributed by atoms with Gasteiger partial charge in [-0.05, 0) is 39.2 Å². The van der Waals surface area contributed by atoms with Gasteiger partial charge in [0.1, 0.15) is 0 Å². The first-order chi connectivity index (χ1) is 7.68. The summed E-state index contributed by atoms with van der Waals surface area (Å²) in [6, 6.07) is 0.713. The largest absolute Gasteiger partial charge is 0.336 e. The predicted octanol–water partition coefficient (Wildman–Crippen LogP) is 0.195. The molecule has 2 N–H and O–H groups in total. The molecule has 2 fully saturated rings. The topological polar surface area (TPSA) is 44.4 Å². The normalized spacial score (nSPS) is 30.5. The average Bonchev–Trinajstić information content (AvgIpc) is 3.06. The summed E-state index contributed by atoms with van der Waals surface area (Å²) >= 11 is 0. The quantitative estimate of drug-likeness (QED) is 0.718. The summed E-state index contributed by atoms with van der Waals surface area (Å²) < 4.78 is 0. The van der Waals surface area contributed by atoms with Crippen molar-refractivity contribution in [1.82, 2.24) is 15.5 Å². The Morgan fingerprint density at radius 3 is 2.88 bits per heavy atom. The van der Waals surface area contributed by atoms with Crippen LogP contribution in [0, 0.1) is 5.92 Å². The Hall–Kier alpha value is -0.610. The number of rotatable bonds is 4. The molecule has 4 heteroatoms. The number of carbonyl (C=O) groups excluding carboxylic acids is 1. The predicted molar refractivity (Wildman–Crippen MR) is 64.2 cm³/mol. The molecule has 1 aliphatic carbocycles. The molecule has 2 rings (SSSR count). The zero-order chi connectivity index (χ0) is 11.5. The Kier molecular flexibility index (Phi) is 3.82. The van der Waals surface area contributed by atoms with Crippen molar-refractivity contribution in [3.8, 4) is 0 Å². The summed E-state index contributed by atoms with van der Waals surface area (Å²) in [5.74, 6) is 1.09. The molecule has 0 radical (unpaired) electrons. The Bertz CT molecular complexity index is 253. The Labute approximate surface area is 97.8 Å². The van der Waals surface area contributed by atoms with Crippen LogP contribution in [0.3, 0.4) is 0 Å². The third-order valence-electron chi connectivity index (χ3n) is 3.76. The highest BCUT2D eigenvalue weighted by Gasteiger charge is 2.28. The van der Waals surface area contributed by atoms with E-state index < -0.39 is 0 Å². The summed E-state index contributed by atoms with van der Waals surface area (Å²) in [5, 5.41) is 6.65. The van der Waals surface area contributed by atoms with Crippen LogP contribution in [0.2, 0.25) is 0 Å². The van der Waals surface area contributed by atoms with Gasteiger partial charge in [0.05, 0.1) is 6.54 Å². The number of piperazine rings is 1.